The van der Waals surface area contributed by atoms with E-state index in [1.807, 2.05) is 31.2 Å². The standard InChI is InChI=1S/C19H24FN3O2/c1-14(9-15-5-4-6-17(20)10-15)23-19(25)22-12-16(13-24)11-18-7-2-3-8-21-18/h2-8,10,14,16,24H,9,11-13H2,1H3,(H2,22,23,25). The molecule has 6 heteroatoms. The number of carbonyl (C=O) groups is 1. The zero-order valence-electron chi connectivity index (χ0n) is 14.3. The maximum absolute atomic E-state index is 13.2. The molecule has 2 atom stereocenters. The van der Waals surface area contributed by atoms with Gasteiger partial charge in [0.15, 0.2) is 0 Å². The first-order valence-corrected chi connectivity index (χ1v) is 8.36. The third-order valence-electron chi connectivity index (χ3n) is 3.84. The zero-order chi connectivity index (χ0) is 18.1. The number of hydrogen-bond donors (Lipinski definition) is 3. The van der Waals surface area contributed by atoms with E-state index in [0.717, 1.165) is 11.3 Å². The van der Waals surface area contributed by atoms with Crippen molar-refractivity contribution in [2.24, 2.45) is 5.92 Å². The lowest BCUT2D eigenvalue weighted by Crippen LogP contribution is -2.44. The van der Waals surface area contributed by atoms with Crippen molar-refractivity contribution in [1.29, 1.82) is 0 Å². The molecule has 0 bridgehead atoms. The molecule has 25 heavy (non-hydrogen) atoms. The van der Waals surface area contributed by atoms with E-state index in [0.29, 0.717) is 19.4 Å². The van der Waals surface area contributed by atoms with Crippen molar-refractivity contribution in [2.45, 2.75) is 25.8 Å². The molecule has 1 aromatic heterocycles. The number of rotatable bonds is 8. The molecule has 1 heterocycles. The molecule has 1 aromatic carbocycles. The monoisotopic (exact) mass is 345 g/mol. The highest BCUT2D eigenvalue weighted by Crippen LogP contribution is 2.07. The zero-order valence-corrected chi connectivity index (χ0v) is 14.3. The molecule has 0 saturated carbocycles. The summed E-state index contributed by atoms with van der Waals surface area (Å²) in [6.07, 6.45) is 2.84. The smallest absolute Gasteiger partial charge is 0.315 e. The van der Waals surface area contributed by atoms with Gasteiger partial charge in [-0.05, 0) is 49.6 Å². The highest BCUT2D eigenvalue weighted by Gasteiger charge is 2.13. The molecule has 5 nitrogen and oxygen atoms in total. The minimum absolute atomic E-state index is 0.0320. The van der Waals surface area contributed by atoms with Crippen LogP contribution in [0.25, 0.3) is 0 Å². The number of aliphatic hydroxyl groups is 1. The van der Waals surface area contributed by atoms with Crippen LogP contribution in [0.5, 0.6) is 0 Å². The van der Waals surface area contributed by atoms with Crippen LogP contribution in [0, 0.1) is 11.7 Å². The van der Waals surface area contributed by atoms with Gasteiger partial charge >= 0.3 is 6.03 Å². The molecular weight excluding hydrogens is 321 g/mol. The number of benzene rings is 1. The SMILES string of the molecule is CC(Cc1cccc(F)c1)NC(=O)NCC(CO)Cc1ccccn1. The summed E-state index contributed by atoms with van der Waals surface area (Å²) in [6.45, 7) is 2.18. The second-order valence-corrected chi connectivity index (χ2v) is 6.16. The van der Waals surface area contributed by atoms with E-state index in [2.05, 4.69) is 15.6 Å². The minimum Gasteiger partial charge on any atom is -0.396 e. The van der Waals surface area contributed by atoms with E-state index < -0.39 is 0 Å². The van der Waals surface area contributed by atoms with Crippen molar-refractivity contribution >= 4 is 6.03 Å². The van der Waals surface area contributed by atoms with Gasteiger partial charge in [-0.1, -0.05) is 18.2 Å². The molecule has 0 spiro atoms. The van der Waals surface area contributed by atoms with Crippen LogP contribution in [0.4, 0.5) is 9.18 Å². The molecule has 0 aliphatic rings. The lowest BCUT2D eigenvalue weighted by molar-refractivity contribution is 0.212. The quantitative estimate of drug-likeness (QED) is 0.687. The number of halogens is 1. The number of carbonyl (C=O) groups excluding carboxylic acids is 1. The predicted octanol–water partition coefficient (Wildman–Crippen LogP) is 2.30. The Morgan fingerprint density at radius 2 is 2.08 bits per heavy atom. The molecule has 2 unspecified atom stereocenters. The first kappa shape index (κ1) is 18.9. The molecule has 2 aromatic rings. The molecule has 0 aliphatic carbocycles. The van der Waals surface area contributed by atoms with Crippen LogP contribution >= 0.6 is 0 Å². The number of aliphatic hydroxyl groups excluding tert-OH is 1. The van der Waals surface area contributed by atoms with E-state index in [1.54, 1.807) is 12.3 Å². The second kappa shape index (κ2) is 9.74. The average molecular weight is 345 g/mol. The van der Waals surface area contributed by atoms with Gasteiger partial charge in [0.25, 0.3) is 0 Å². The first-order chi connectivity index (χ1) is 12.1. The average Bonchev–Trinajstić information content (AvgIpc) is 2.59. The highest BCUT2D eigenvalue weighted by molar-refractivity contribution is 5.74. The molecule has 0 radical (unpaired) electrons. The van der Waals surface area contributed by atoms with Crippen LogP contribution in [-0.2, 0) is 12.8 Å². The van der Waals surface area contributed by atoms with Crippen LogP contribution in [0.2, 0.25) is 0 Å². The number of nitrogens with zero attached hydrogens (tertiary/aromatic N) is 1. The Balaban J connectivity index is 1.75. The fourth-order valence-corrected chi connectivity index (χ4v) is 2.60. The van der Waals surface area contributed by atoms with Crippen molar-refractivity contribution in [2.75, 3.05) is 13.2 Å². The fourth-order valence-electron chi connectivity index (χ4n) is 2.60. The summed E-state index contributed by atoms with van der Waals surface area (Å²) in [5.74, 6) is -0.381. The van der Waals surface area contributed by atoms with Crippen molar-refractivity contribution in [3.63, 3.8) is 0 Å². The van der Waals surface area contributed by atoms with E-state index in [-0.39, 0.29) is 30.4 Å². The van der Waals surface area contributed by atoms with E-state index in [9.17, 15) is 14.3 Å². The summed E-state index contributed by atoms with van der Waals surface area (Å²) in [4.78, 5) is 16.2. The van der Waals surface area contributed by atoms with Gasteiger partial charge in [-0.15, -0.1) is 0 Å². The Hall–Kier alpha value is -2.47. The number of urea groups is 1. The van der Waals surface area contributed by atoms with Gasteiger partial charge in [0, 0.05) is 37.0 Å². The van der Waals surface area contributed by atoms with Gasteiger partial charge in [-0.3, -0.25) is 4.98 Å². The summed E-state index contributed by atoms with van der Waals surface area (Å²) in [5, 5.41) is 15.1. The van der Waals surface area contributed by atoms with Gasteiger partial charge in [-0.2, -0.15) is 0 Å². The number of hydrogen-bond acceptors (Lipinski definition) is 3. The first-order valence-electron chi connectivity index (χ1n) is 8.36. The maximum Gasteiger partial charge on any atom is 0.315 e. The largest absolute Gasteiger partial charge is 0.396 e. The Morgan fingerprint density at radius 1 is 1.24 bits per heavy atom. The Bertz CT molecular complexity index is 667. The minimum atomic E-state index is -0.302. The van der Waals surface area contributed by atoms with Gasteiger partial charge in [0.2, 0.25) is 0 Å². The summed E-state index contributed by atoms with van der Waals surface area (Å²) >= 11 is 0. The Labute approximate surface area is 147 Å². The highest BCUT2D eigenvalue weighted by atomic mass is 19.1. The summed E-state index contributed by atoms with van der Waals surface area (Å²) < 4.78 is 13.2. The van der Waals surface area contributed by atoms with Crippen LogP contribution in [0.15, 0.2) is 48.7 Å². The molecule has 0 saturated heterocycles. The molecular formula is C19H24FN3O2. The van der Waals surface area contributed by atoms with Crippen LogP contribution in [-0.4, -0.2) is 35.3 Å². The third kappa shape index (κ3) is 6.89. The van der Waals surface area contributed by atoms with Crippen LogP contribution < -0.4 is 10.6 Å². The molecule has 0 fully saturated rings. The van der Waals surface area contributed by atoms with Crippen LogP contribution in [0.1, 0.15) is 18.2 Å². The molecule has 0 aliphatic heterocycles. The van der Waals surface area contributed by atoms with E-state index >= 15 is 0 Å². The predicted molar refractivity (Wildman–Crippen MR) is 94.6 cm³/mol. The van der Waals surface area contributed by atoms with Gasteiger partial charge in [0.05, 0.1) is 0 Å². The van der Waals surface area contributed by atoms with Crippen LogP contribution in [0.3, 0.4) is 0 Å². The summed E-state index contributed by atoms with van der Waals surface area (Å²) in [7, 11) is 0. The van der Waals surface area contributed by atoms with Gasteiger partial charge < -0.3 is 15.7 Å². The topological polar surface area (TPSA) is 74.2 Å². The van der Waals surface area contributed by atoms with Crippen molar-refractivity contribution in [3.05, 3.63) is 65.7 Å². The van der Waals surface area contributed by atoms with Crippen molar-refractivity contribution in [3.8, 4) is 0 Å². The third-order valence-corrected chi connectivity index (χ3v) is 3.84. The lowest BCUT2D eigenvalue weighted by Gasteiger charge is -2.18. The van der Waals surface area contributed by atoms with E-state index in [1.165, 1.54) is 12.1 Å². The normalized spacial score (nSPS) is 13.1. The van der Waals surface area contributed by atoms with Crippen molar-refractivity contribution < 1.29 is 14.3 Å². The fraction of sp³-hybridized carbons (Fsp3) is 0.368. The number of aromatic nitrogens is 1. The molecule has 3 N–H and O–H groups in total. The Kier molecular flexibility index (Phi) is 7.35. The van der Waals surface area contributed by atoms with Gasteiger partial charge in [-0.25, -0.2) is 9.18 Å². The van der Waals surface area contributed by atoms with Crippen molar-refractivity contribution in [1.82, 2.24) is 15.6 Å². The number of nitrogens with one attached hydrogen (secondary N) is 2. The second-order valence-electron chi connectivity index (χ2n) is 6.16. The van der Waals surface area contributed by atoms with E-state index in [4.69, 9.17) is 0 Å². The van der Waals surface area contributed by atoms with Gasteiger partial charge in [0.1, 0.15) is 5.82 Å². The summed E-state index contributed by atoms with van der Waals surface area (Å²) in [5.41, 5.74) is 1.71. The number of amides is 2. The molecule has 134 valence electrons. The molecule has 2 amide bonds. The Morgan fingerprint density at radius 3 is 2.76 bits per heavy atom. The summed E-state index contributed by atoms with van der Waals surface area (Å²) in [6, 6.07) is 11.5. The maximum atomic E-state index is 13.2. The lowest BCUT2D eigenvalue weighted by atomic mass is 10.0. The number of pyridine rings is 1. The molecule has 2 rings (SSSR count).